The van der Waals surface area contributed by atoms with Crippen molar-refractivity contribution in [2.75, 3.05) is 6.61 Å². The molecule has 0 aliphatic carbocycles. The molecule has 0 radical (unpaired) electrons. The molecule has 1 N–H and O–H groups in total. The van der Waals surface area contributed by atoms with Crippen LogP contribution in [0.5, 0.6) is 0 Å². The Morgan fingerprint density at radius 2 is 1.58 bits per heavy atom. The highest BCUT2D eigenvalue weighted by Crippen LogP contribution is 2.22. The van der Waals surface area contributed by atoms with E-state index < -0.39 is 0 Å². The molecular weight excluding hydrogens is 298 g/mol. The molecule has 0 unspecified atom stereocenters. The standard InChI is InChI=1S/C21H19NO2/c1-16-20(22-21(24-16)19-7-3-2-4-8-19)14-13-18-11-9-17(10-12-18)6-5-15-23/h2-14,23H,15H2,1H3. The van der Waals surface area contributed by atoms with Crippen LogP contribution in [-0.2, 0) is 0 Å². The fourth-order valence-electron chi connectivity index (χ4n) is 2.35. The number of aliphatic hydroxyl groups excluding tert-OH is 1. The van der Waals surface area contributed by atoms with Gasteiger partial charge in [0.2, 0.25) is 5.89 Å². The normalized spacial score (nSPS) is 11.6. The number of hydrogen-bond acceptors (Lipinski definition) is 3. The molecule has 3 rings (SSSR count). The van der Waals surface area contributed by atoms with E-state index >= 15 is 0 Å². The lowest BCUT2D eigenvalue weighted by atomic mass is 10.1. The van der Waals surface area contributed by atoms with Gasteiger partial charge in [-0.2, -0.15) is 0 Å². The predicted octanol–water partition coefficient (Wildman–Crippen LogP) is 4.83. The Hall–Kier alpha value is -2.91. The van der Waals surface area contributed by atoms with Crippen molar-refractivity contribution < 1.29 is 9.52 Å². The smallest absolute Gasteiger partial charge is 0.226 e. The van der Waals surface area contributed by atoms with Gasteiger partial charge >= 0.3 is 0 Å². The lowest BCUT2D eigenvalue weighted by molar-refractivity contribution is 0.343. The van der Waals surface area contributed by atoms with Gasteiger partial charge in [0.05, 0.1) is 6.61 Å². The summed E-state index contributed by atoms with van der Waals surface area (Å²) < 4.78 is 5.76. The Kier molecular flexibility index (Phi) is 5.04. The molecule has 2 aromatic carbocycles. The summed E-state index contributed by atoms with van der Waals surface area (Å²) in [5.74, 6) is 1.44. The fourth-order valence-corrected chi connectivity index (χ4v) is 2.35. The Balaban J connectivity index is 1.77. The van der Waals surface area contributed by atoms with Crippen molar-refractivity contribution in [2.24, 2.45) is 0 Å². The van der Waals surface area contributed by atoms with Crippen LogP contribution in [0.1, 0.15) is 22.6 Å². The summed E-state index contributed by atoms with van der Waals surface area (Å²) in [6.45, 7) is 1.97. The molecule has 1 aromatic heterocycles. The van der Waals surface area contributed by atoms with Crippen LogP contribution in [0.15, 0.2) is 65.1 Å². The number of aryl methyl sites for hydroxylation is 1. The number of oxazole rings is 1. The highest BCUT2D eigenvalue weighted by Gasteiger charge is 2.08. The van der Waals surface area contributed by atoms with E-state index in [9.17, 15) is 0 Å². The maximum absolute atomic E-state index is 8.79. The average molecular weight is 317 g/mol. The summed E-state index contributed by atoms with van der Waals surface area (Å²) in [6, 6.07) is 18.0. The van der Waals surface area contributed by atoms with Gasteiger partial charge in [0.15, 0.2) is 0 Å². The molecule has 24 heavy (non-hydrogen) atoms. The molecule has 120 valence electrons. The topological polar surface area (TPSA) is 46.3 Å². The van der Waals surface area contributed by atoms with Crippen LogP contribution in [-0.4, -0.2) is 16.7 Å². The second kappa shape index (κ2) is 7.57. The van der Waals surface area contributed by atoms with Gasteiger partial charge in [-0.15, -0.1) is 0 Å². The highest BCUT2D eigenvalue weighted by molar-refractivity contribution is 5.70. The monoisotopic (exact) mass is 317 g/mol. The molecule has 0 spiro atoms. The summed E-state index contributed by atoms with van der Waals surface area (Å²) in [4.78, 5) is 4.56. The Bertz CT molecular complexity index is 843. The van der Waals surface area contributed by atoms with Gasteiger partial charge in [-0.05, 0) is 36.3 Å². The second-order valence-corrected chi connectivity index (χ2v) is 5.41. The molecule has 0 aliphatic heterocycles. The number of aliphatic hydroxyl groups is 1. The van der Waals surface area contributed by atoms with Crippen LogP contribution in [0.2, 0.25) is 0 Å². The second-order valence-electron chi connectivity index (χ2n) is 5.41. The van der Waals surface area contributed by atoms with E-state index in [1.165, 1.54) is 0 Å². The molecular formula is C21H19NO2. The third kappa shape index (κ3) is 3.89. The number of nitrogens with zero attached hydrogens (tertiary/aromatic N) is 1. The highest BCUT2D eigenvalue weighted by atomic mass is 16.4. The first kappa shape index (κ1) is 16.0. The minimum Gasteiger partial charge on any atom is -0.441 e. The molecule has 0 bridgehead atoms. The Labute approximate surface area is 141 Å². The maximum Gasteiger partial charge on any atom is 0.226 e. The SMILES string of the molecule is Cc1oc(-c2ccccc2)nc1C=Cc1ccc(C=CCO)cc1. The van der Waals surface area contributed by atoms with Crippen molar-refractivity contribution in [1.29, 1.82) is 0 Å². The zero-order valence-electron chi connectivity index (χ0n) is 13.5. The molecule has 3 nitrogen and oxygen atoms in total. The number of aromatic nitrogens is 1. The van der Waals surface area contributed by atoms with Crippen LogP contribution in [0.25, 0.3) is 29.7 Å². The molecule has 0 fully saturated rings. The minimum atomic E-state index is 0.0524. The van der Waals surface area contributed by atoms with Crippen molar-refractivity contribution >= 4 is 18.2 Å². The van der Waals surface area contributed by atoms with Crippen LogP contribution in [0, 0.1) is 6.92 Å². The average Bonchev–Trinajstić information content (AvgIpc) is 3.01. The van der Waals surface area contributed by atoms with Crippen LogP contribution >= 0.6 is 0 Å². The summed E-state index contributed by atoms with van der Waals surface area (Å²) in [6.07, 6.45) is 7.58. The van der Waals surface area contributed by atoms with E-state index in [0.29, 0.717) is 5.89 Å². The largest absolute Gasteiger partial charge is 0.441 e. The zero-order chi connectivity index (χ0) is 16.8. The summed E-state index contributed by atoms with van der Waals surface area (Å²) >= 11 is 0. The van der Waals surface area contributed by atoms with Crippen LogP contribution < -0.4 is 0 Å². The summed E-state index contributed by atoms with van der Waals surface area (Å²) in [5, 5.41) is 8.79. The lowest BCUT2D eigenvalue weighted by Crippen LogP contribution is -1.79. The molecule has 0 amide bonds. The lowest BCUT2D eigenvalue weighted by Gasteiger charge is -1.95. The van der Waals surface area contributed by atoms with Crippen molar-refractivity contribution in [2.45, 2.75) is 6.92 Å². The van der Waals surface area contributed by atoms with Gasteiger partial charge in [-0.1, -0.05) is 60.7 Å². The molecule has 3 aromatic rings. The predicted molar refractivity (Wildman–Crippen MR) is 98.2 cm³/mol. The van der Waals surface area contributed by atoms with Crippen molar-refractivity contribution in [3.8, 4) is 11.5 Å². The van der Waals surface area contributed by atoms with Crippen LogP contribution in [0.4, 0.5) is 0 Å². The molecule has 0 atom stereocenters. The number of rotatable bonds is 5. The van der Waals surface area contributed by atoms with E-state index in [2.05, 4.69) is 4.98 Å². The summed E-state index contributed by atoms with van der Waals surface area (Å²) in [7, 11) is 0. The van der Waals surface area contributed by atoms with Gasteiger partial charge in [0.25, 0.3) is 0 Å². The maximum atomic E-state index is 8.79. The van der Waals surface area contributed by atoms with E-state index in [-0.39, 0.29) is 6.61 Å². The third-order valence-electron chi connectivity index (χ3n) is 3.64. The molecule has 1 heterocycles. The van der Waals surface area contributed by atoms with Crippen molar-refractivity contribution in [3.05, 3.63) is 83.3 Å². The first-order chi connectivity index (χ1) is 11.8. The molecule has 0 aliphatic rings. The van der Waals surface area contributed by atoms with E-state index in [0.717, 1.165) is 28.1 Å². The van der Waals surface area contributed by atoms with Gasteiger partial charge in [-0.25, -0.2) is 4.98 Å². The van der Waals surface area contributed by atoms with E-state index in [1.54, 1.807) is 6.08 Å². The zero-order valence-corrected chi connectivity index (χ0v) is 13.5. The minimum absolute atomic E-state index is 0.0524. The Morgan fingerprint density at radius 3 is 2.25 bits per heavy atom. The van der Waals surface area contributed by atoms with Gasteiger partial charge < -0.3 is 9.52 Å². The third-order valence-corrected chi connectivity index (χ3v) is 3.64. The van der Waals surface area contributed by atoms with Crippen molar-refractivity contribution in [1.82, 2.24) is 4.98 Å². The number of benzene rings is 2. The van der Waals surface area contributed by atoms with Gasteiger partial charge in [0, 0.05) is 5.56 Å². The molecule has 3 heteroatoms. The first-order valence-corrected chi connectivity index (χ1v) is 7.84. The molecule has 0 saturated carbocycles. The Morgan fingerprint density at radius 1 is 0.917 bits per heavy atom. The van der Waals surface area contributed by atoms with Gasteiger partial charge in [0.1, 0.15) is 11.5 Å². The van der Waals surface area contributed by atoms with E-state index in [1.807, 2.05) is 79.7 Å². The van der Waals surface area contributed by atoms with E-state index in [4.69, 9.17) is 9.52 Å². The first-order valence-electron chi connectivity index (χ1n) is 7.84. The number of hydrogen-bond donors (Lipinski definition) is 1. The fraction of sp³-hybridized carbons (Fsp3) is 0.0952. The van der Waals surface area contributed by atoms with Crippen LogP contribution in [0.3, 0.4) is 0 Å². The molecule has 0 saturated heterocycles. The quantitative estimate of drug-likeness (QED) is 0.733. The van der Waals surface area contributed by atoms with Gasteiger partial charge in [-0.3, -0.25) is 0 Å². The van der Waals surface area contributed by atoms with Crippen molar-refractivity contribution in [3.63, 3.8) is 0 Å². The summed E-state index contributed by atoms with van der Waals surface area (Å²) in [5.41, 5.74) is 3.95.